The Morgan fingerprint density at radius 2 is 2.11 bits per heavy atom. The standard InChI is InChI=1S/C15H20ClN3/c1-18-7-5-14(6-8-18)19(2)11-13-4-3-12(10-17)9-15(13)16/h3-4,9,14H,5-8,11H2,1-2H3. The van der Waals surface area contributed by atoms with Gasteiger partial charge in [-0.1, -0.05) is 17.7 Å². The van der Waals surface area contributed by atoms with Crippen molar-refractivity contribution in [3.05, 3.63) is 34.3 Å². The van der Waals surface area contributed by atoms with E-state index in [4.69, 9.17) is 16.9 Å². The van der Waals surface area contributed by atoms with Gasteiger partial charge >= 0.3 is 0 Å². The maximum absolute atomic E-state index is 8.84. The van der Waals surface area contributed by atoms with Crippen LogP contribution in [0.3, 0.4) is 0 Å². The molecule has 0 N–H and O–H groups in total. The van der Waals surface area contributed by atoms with Crippen molar-refractivity contribution in [3.63, 3.8) is 0 Å². The van der Waals surface area contributed by atoms with Gasteiger partial charge in [-0.3, -0.25) is 4.90 Å². The van der Waals surface area contributed by atoms with Gasteiger partial charge in [-0.25, -0.2) is 0 Å². The molecule has 1 aromatic rings. The summed E-state index contributed by atoms with van der Waals surface area (Å²) in [6.07, 6.45) is 2.42. The van der Waals surface area contributed by atoms with E-state index in [1.807, 2.05) is 12.1 Å². The van der Waals surface area contributed by atoms with E-state index in [0.29, 0.717) is 16.6 Å². The lowest BCUT2D eigenvalue weighted by Gasteiger charge is -2.35. The molecule has 1 heterocycles. The number of rotatable bonds is 3. The zero-order chi connectivity index (χ0) is 13.8. The van der Waals surface area contributed by atoms with Crippen LogP contribution in [0.25, 0.3) is 0 Å². The van der Waals surface area contributed by atoms with Gasteiger partial charge in [-0.2, -0.15) is 5.26 Å². The fraction of sp³-hybridized carbons (Fsp3) is 0.533. The number of hydrogen-bond donors (Lipinski definition) is 0. The van der Waals surface area contributed by atoms with E-state index in [9.17, 15) is 0 Å². The van der Waals surface area contributed by atoms with Crippen molar-refractivity contribution >= 4 is 11.6 Å². The highest BCUT2D eigenvalue weighted by molar-refractivity contribution is 6.31. The monoisotopic (exact) mass is 277 g/mol. The maximum Gasteiger partial charge on any atom is 0.0992 e. The number of benzene rings is 1. The Bertz CT molecular complexity index is 473. The van der Waals surface area contributed by atoms with Gasteiger partial charge in [-0.05, 0) is 57.7 Å². The summed E-state index contributed by atoms with van der Waals surface area (Å²) >= 11 is 6.23. The minimum absolute atomic E-state index is 0.621. The molecule has 0 aromatic heterocycles. The fourth-order valence-electron chi connectivity index (χ4n) is 2.58. The molecule has 1 saturated heterocycles. The van der Waals surface area contributed by atoms with Crippen LogP contribution in [-0.4, -0.2) is 43.0 Å². The molecule has 1 fully saturated rings. The van der Waals surface area contributed by atoms with Crippen LogP contribution in [0, 0.1) is 11.3 Å². The summed E-state index contributed by atoms with van der Waals surface area (Å²) in [6, 6.07) is 8.29. The Hall–Kier alpha value is -1.08. The van der Waals surface area contributed by atoms with Crippen LogP contribution in [-0.2, 0) is 6.54 Å². The van der Waals surface area contributed by atoms with Crippen molar-refractivity contribution in [2.24, 2.45) is 0 Å². The minimum Gasteiger partial charge on any atom is -0.306 e. The molecule has 4 heteroatoms. The van der Waals surface area contributed by atoms with E-state index in [1.165, 1.54) is 12.8 Å². The average Bonchev–Trinajstić information content (AvgIpc) is 2.41. The molecule has 0 atom stereocenters. The first-order chi connectivity index (χ1) is 9.10. The highest BCUT2D eigenvalue weighted by Gasteiger charge is 2.20. The van der Waals surface area contributed by atoms with Crippen LogP contribution in [0.5, 0.6) is 0 Å². The molecule has 3 nitrogen and oxygen atoms in total. The quantitative estimate of drug-likeness (QED) is 0.851. The summed E-state index contributed by atoms with van der Waals surface area (Å²) in [5.41, 5.74) is 1.72. The second-order valence-corrected chi connectivity index (χ2v) is 5.77. The fourth-order valence-corrected chi connectivity index (χ4v) is 2.82. The smallest absolute Gasteiger partial charge is 0.0992 e. The number of likely N-dealkylation sites (tertiary alicyclic amines) is 1. The zero-order valence-corrected chi connectivity index (χ0v) is 12.3. The second kappa shape index (κ2) is 6.38. The van der Waals surface area contributed by atoms with Crippen LogP contribution < -0.4 is 0 Å². The Morgan fingerprint density at radius 3 is 2.68 bits per heavy atom. The summed E-state index contributed by atoms with van der Waals surface area (Å²) in [5.74, 6) is 0. The number of nitrogens with zero attached hydrogens (tertiary/aromatic N) is 3. The van der Waals surface area contributed by atoms with Crippen molar-refractivity contribution in [3.8, 4) is 6.07 Å². The lowest BCUT2D eigenvalue weighted by molar-refractivity contribution is 0.139. The van der Waals surface area contributed by atoms with Gasteiger partial charge in [0.25, 0.3) is 0 Å². The lowest BCUT2D eigenvalue weighted by atomic mass is 10.0. The number of piperidine rings is 1. The number of halogens is 1. The van der Waals surface area contributed by atoms with Crippen molar-refractivity contribution in [2.75, 3.05) is 27.2 Å². The summed E-state index contributed by atoms with van der Waals surface area (Å²) in [5, 5.41) is 9.53. The molecule has 0 aliphatic carbocycles. The van der Waals surface area contributed by atoms with Gasteiger partial charge in [0.1, 0.15) is 0 Å². The minimum atomic E-state index is 0.621. The highest BCUT2D eigenvalue weighted by Crippen LogP contribution is 2.22. The Balaban J connectivity index is 1.99. The Kier molecular flexibility index (Phi) is 4.81. The van der Waals surface area contributed by atoms with Gasteiger partial charge in [-0.15, -0.1) is 0 Å². The molecular weight excluding hydrogens is 258 g/mol. The van der Waals surface area contributed by atoms with Crippen LogP contribution in [0.4, 0.5) is 0 Å². The third kappa shape index (κ3) is 3.70. The molecule has 1 aromatic carbocycles. The largest absolute Gasteiger partial charge is 0.306 e. The normalized spacial score (nSPS) is 17.6. The van der Waals surface area contributed by atoms with E-state index in [-0.39, 0.29) is 0 Å². The summed E-state index contributed by atoms with van der Waals surface area (Å²) < 4.78 is 0. The van der Waals surface area contributed by atoms with Gasteiger partial charge in [0, 0.05) is 17.6 Å². The topological polar surface area (TPSA) is 30.3 Å². The van der Waals surface area contributed by atoms with Gasteiger partial charge in [0.05, 0.1) is 11.6 Å². The van der Waals surface area contributed by atoms with Crippen molar-refractivity contribution in [2.45, 2.75) is 25.4 Å². The molecule has 1 aliphatic heterocycles. The predicted molar refractivity (Wildman–Crippen MR) is 78.2 cm³/mol. The summed E-state index contributed by atoms with van der Waals surface area (Å²) in [7, 11) is 4.33. The third-order valence-corrected chi connectivity index (χ3v) is 4.27. The van der Waals surface area contributed by atoms with Crippen molar-refractivity contribution < 1.29 is 0 Å². The molecule has 1 aliphatic rings. The van der Waals surface area contributed by atoms with E-state index < -0.39 is 0 Å². The van der Waals surface area contributed by atoms with Crippen LogP contribution >= 0.6 is 11.6 Å². The van der Waals surface area contributed by atoms with Crippen LogP contribution in [0.1, 0.15) is 24.0 Å². The van der Waals surface area contributed by atoms with Crippen molar-refractivity contribution in [1.82, 2.24) is 9.80 Å². The van der Waals surface area contributed by atoms with Gasteiger partial charge < -0.3 is 4.90 Å². The first-order valence-electron chi connectivity index (χ1n) is 6.67. The molecule has 2 rings (SSSR count). The first-order valence-corrected chi connectivity index (χ1v) is 7.05. The predicted octanol–water partition coefficient (Wildman–Crippen LogP) is 2.74. The summed E-state index contributed by atoms with van der Waals surface area (Å²) in [6.45, 7) is 3.17. The zero-order valence-electron chi connectivity index (χ0n) is 11.6. The van der Waals surface area contributed by atoms with E-state index in [1.54, 1.807) is 6.07 Å². The number of nitriles is 1. The molecule has 0 radical (unpaired) electrons. The average molecular weight is 278 g/mol. The first kappa shape index (κ1) is 14.3. The number of hydrogen-bond acceptors (Lipinski definition) is 3. The lowest BCUT2D eigenvalue weighted by Crippen LogP contribution is -2.41. The van der Waals surface area contributed by atoms with E-state index in [2.05, 4.69) is 30.0 Å². The third-order valence-electron chi connectivity index (χ3n) is 3.91. The molecule has 0 saturated carbocycles. The van der Waals surface area contributed by atoms with E-state index in [0.717, 1.165) is 25.2 Å². The highest BCUT2D eigenvalue weighted by atomic mass is 35.5. The maximum atomic E-state index is 8.84. The van der Waals surface area contributed by atoms with Gasteiger partial charge in [0.15, 0.2) is 0 Å². The summed E-state index contributed by atoms with van der Waals surface area (Å²) in [4.78, 5) is 4.75. The molecule has 0 spiro atoms. The second-order valence-electron chi connectivity index (χ2n) is 5.37. The van der Waals surface area contributed by atoms with Gasteiger partial charge in [0.2, 0.25) is 0 Å². The van der Waals surface area contributed by atoms with Crippen molar-refractivity contribution in [1.29, 1.82) is 5.26 Å². The Labute approximate surface area is 120 Å². The molecule has 0 unspecified atom stereocenters. The SMILES string of the molecule is CN1CCC(N(C)Cc2ccc(C#N)cc2Cl)CC1. The molecule has 19 heavy (non-hydrogen) atoms. The van der Waals surface area contributed by atoms with E-state index >= 15 is 0 Å². The Morgan fingerprint density at radius 1 is 1.42 bits per heavy atom. The van der Waals surface area contributed by atoms with Crippen LogP contribution in [0.2, 0.25) is 5.02 Å². The van der Waals surface area contributed by atoms with Crippen LogP contribution in [0.15, 0.2) is 18.2 Å². The molecular formula is C15H20ClN3. The molecule has 102 valence electrons. The molecule has 0 amide bonds. The molecule has 0 bridgehead atoms.